The summed E-state index contributed by atoms with van der Waals surface area (Å²) in [4.78, 5) is 38.8. The summed E-state index contributed by atoms with van der Waals surface area (Å²) in [5.41, 5.74) is 1.79. The minimum atomic E-state index is -0.541. The number of para-hydroxylation sites is 2. The number of nitro groups is 1. The van der Waals surface area contributed by atoms with Crippen LogP contribution in [0.2, 0.25) is 0 Å². The van der Waals surface area contributed by atoms with Crippen molar-refractivity contribution in [1.82, 2.24) is 0 Å². The normalized spacial score (nSPS) is 10.3. The molecule has 0 bridgehead atoms. The minimum absolute atomic E-state index is 0.142. The molecule has 0 atom stereocenters. The molecule has 7 nitrogen and oxygen atoms in total. The molecule has 0 spiro atoms. The van der Waals surface area contributed by atoms with Crippen LogP contribution in [0.25, 0.3) is 0 Å². The van der Waals surface area contributed by atoms with E-state index in [1.165, 1.54) is 18.2 Å². The smallest absolute Gasteiger partial charge is 0.271 e. The van der Waals surface area contributed by atoms with E-state index in [1.807, 2.05) is 60.7 Å². The van der Waals surface area contributed by atoms with Gasteiger partial charge in [-0.05, 0) is 42.5 Å². The first-order chi connectivity index (χ1) is 16.0. The second kappa shape index (κ2) is 9.57. The van der Waals surface area contributed by atoms with Gasteiger partial charge in [0, 0.05) is 29.2 Å². The summed E-state index contributed by atoms with van der Waals surface area (Å²) >= 11 is 0. The fourth-order valence-electron chi connectivity index (χ4n) is 3.42. The maximum atomic E-state index is 13.7. The molecule has 0 unspecified atom stereocenters. The fraction of sp³-hybridized carbons (Fsp3) is 0. The van der Waals surface area contributed by atoms with Crippen LogP contribution in [-0.2, 0) is 0 Å². The van der Waals surface area contributed by atoms with Gasteiger partial charge in [-0.25, -0.2) is 0 Å². The van der Waals surface area contributed by atoms with Crippen molar-refractivity contribution in [2.75, 3.05) is 10.2 Å². The van der Waals surface area contributed by atoms with Gasteiger partial charge in [-0.15, -0.1) is 0 Å². The Morgan fingerprint density at radius 3 is 1.82 bits per heavy atom. The van der Waals surface area contributed by atoms with E-state index >= 15 is 0 Å². The Morgan fingerprint density at radius 2 is 1.24 bits per heavy atom. The van der Waals surface area contributed by atoms with Crippen molar-refractivity contribution in [1.29, 1.82) is 0 Å². The number of carbonyl (C=O) groups excluding carboxylic acids is 2. The number of carbonyl (C=O) groups is 2. The SMILES string of the molecule is O=C(Nc1cccc([N+](=O)[O-])c1)c1ccccc1C(=O)N(c1ccccc1)c1ccccc1. The number of nitro benzene ring substituents is 1. The third-order valence-corrected chi connectivity index (χ3v) is 4.95. The van der Waals surface area contributed by atoms with Gasteiger partial charge >= 0.3 is 0 Å². The van der Waals surface area contributed by atoms with Crippen molar-refractivity contribution in [2.45, 2.75) is 0 Å². The Morgan fingerprint density at radius 1 is 0.697 bits per heavy atom. The molecule has 0 saturated carbocycles. The topological polar surface area (TPSA) is 92.5 Å². The largest absolute Gasteiger partial charge is 0.322 e. The molecule has 0 fully saturated rings. The minimum Gasteiger partial charge on any atom is -0.322 e. The number of anilines is 3. The highest BCUT2D eigenvalue weighted by Crippen LogP contribution is 2.28. The zero-order valence-electron chi connectivity index (χ0n) is 17.4. The lowest BCUT2D eigenvalue weighted by Crippen LogP contribution is -2.28. The number of hydrogen-bond donors (Lipinski definition) is 1. The molecule has 0 saturated heterocycles. The number of amides is 2. The molecular weight excluding hydrogens is 418 g/mol. The average molecular weight is 437 g/mol. The predicted octanol–water partition coefficient (Wildman–Crippen LogP) is 5.83. The van der Waals surface area contributed by atoms with Gasteiger partial charge in [0.1, 0.15) is 0 Å². The summed E-state index contributed by atoms with van der Waals surface area (Å²) in [6.07, 6.45) is 0. The zero-order chi connectivity index (χ0) is 23.2. The highest BCUT2D eigenvalue weighted by molar-refractivity contribution is 6.18. The van der Waals surface area contributed by atoms with E-state index in [-0.39, 0.29) is 28.4 Å². The highest BCUT2D eigenvalue weighted by Gasteiger charge is 2.24. The highest BCUT2D eigenvalue weighted by atomic mass is 16.6. The Kier molecular flexibility index (Phi) is 6.22. The third kappa shape index (κ3) is 4.77. The molecule has 0 aromatic heterocycles. The summed E-state index contributed by atoms with van der Waals surface area (Å²) in [5, 5.41) is 13.7. The summed E-state index contributed by atoms with van der Waals surface area (Å²) in [7, 11) is 0. The number of nitrogens with one attached hydrogen (secondary N) is 1. The fourth-order valence-corrected chi connectivity index (χ4v) is 3.42. The van der Waals surface area contributed by atoms with E-state index in [9.17, 15) is 19.7 Å². The van der Waals surface area contributed by atoms with Crippen LogP contribution in [0.4, 0.5) is 22.7 Å². The Hall–Kier alpha value is -4.78. The molecule has 7 heteroatoms. The maximum Gasteiger partial charge on any atom is 0.271 e. The molecule has 2 amide bonds. The van der Waals surface area contributed by atoms with Crippen molar-refractivity contribution in [2.24, 2.45) is 0 Å². The molecule has 0 radical (unpaired) electrons. The van der Waals surface area contributed by atoms with E-state index < -0.39 is 10.8 Å². The third-order valence-electron chi connectivity index (χ3n) is 4.95. The molecule has 0 aliphatic rings. The molecule has 4 aromatic rings. The molecule has 162 valence electrons. The van der Waals surface area contributed by atoms with Gasteiger partial charge in [-0.1, -0.05) is 54.6 Å². The van der Waals surface area contributed by atoms with E-state index in [2.05, 4.69) is 5.32 Å². The van der Waals surface area contributed by atoms with Crippen molar-refractivity contribution < 1.29 is 14.5 Å². The summed E-state index contributed by atoms with van der Waals surface area (Å²) in [6, 6.07) is 30.4. The monoisotopic (exact) mass is 437 g/mol. The lowest BCUT2D eigenvalue weighted by molar-refractivity contribution is -0.384. The number of rotatable bonds is 6. The van der Waals surface area contributed by atoms with E-state index in [4.69, 9.17) is 0 Å². The molecule has 4 aromatic carbocycles. The molecule has 0 aliphatic heterocycles. The predicted molar refractivity (Wildman–Crippen MR) is 127 cm³/mol. The van der Waals surface area contributed by atoms with Crippen LogP contribution in [0.1, 0.15) is 20.7 Å². The molecule has 4 rings (SSSR count). The van der Waals surface area contributed by atoms with Gasteiger partial charge in [0.05, 0.1) is 16.1 Å². The standard InChI is InChI=1S/C26H19N3O4/c30-25(27-19-10-9-15-22(18-19)29(32)33)23-16-7-8-17-24(23)26(31)28(20-11-3-1-4-12-20)21-13-5-2-6-14-21/h1-18H,(H,27,30). The molecule has 0 heterocycles. The van der Waals surface area contributed by atoms with E-state index in [0.29, 0.717) is 11.4 Å². The van der Waals surface area contributed by atoms with Crippen LogP contribution in [-0.4, -0.2) is 16.7 Å². The van der Waals surface area contributed by atoms with Crippen molar-refractivity contribution in [3.8, 4) is 0 Å². The lowest BCUT2D eigenvalue weighted by atomic mass is 10.0. The van der Waals surface area contributed by atoms with Crippen LogP contribution in [0.5, 0.6) is 0 Å². The number of benzene rings is 4. The van der Waals surface area contributed by atoms with Gasteiger partial charge in [0.15, 0.2) is 0 Å². The Labute approximate surface area is 190 Å². The molecule has 1 N–H and O–H groups in total. The van der Waals surface area contributed by atoms with Crippen LogP contribution < -0.4 is 10.2 Å². The molecule has 0 aliphatic carbocycles. The second-order valence-electron chi connectivity index (χ2n) is 7.12. The number of non-ortho nitro benzene ring substituents is 1. The van der Waals surface area contributed by atoms with Crippen molar-refractivity contribution >= 4 is 34.6 Å². The first kappa shape index (κ1) is 21.5. The van der Waals surface area contributed by atoms with Crippen LogP contribution in [0.15, 0.2) is 109 Å². The summed E-state index contributed by atoms with van der Waals surface area (Å²) in [6.45, 7) is 0. The van der Waals surface area contributed by atoms with E-state index in [1.54, 1.807) is 35.2 Å². The Bertz CT molecular complexity index is 1270. The van der Waals surface area contributed by atoms with Gasteiger partial charge < -0.3 is 5.32 Å². The average Bonchev–Trinajstić information content (AvgIpc) is 2.85. The van der Waals surface area contributed by atoms with Crippen LogP contribution >= 0.6 is 0 Å². The number of hydrogen-bond acceptors (Lipinski definition) is 4. The summed E-state index contributed by atoms with van der Waals surface area (Å²) < 4.78 is 0. The number of nitrogens with zero attached hydrogens (tertiary/aromatic N) is 2. The van der Waals surface area contributed by atoms with Gasteiger partial charge in [0.2, 0.25) is 0 Å². The zero-order valence-corrected chi connectivity index (χ0v) is 17.4. The van der Waals surface area contributed by atoms with Gasteiger partial charge in [-0.3, -0.25) is 24.6 Å². The Balaban J connectivity index is 1.71. The van der Waals surface area contributed by atoms with Gasteiger partial charge in [-0.2, -0.15) is 0 Å². The quantitative estimate of drug-likeness (QED) is 0.304. The first-order valence-corrected chi connectivity index (χ1v) is 10.1. The molecular formula is C26H19N3O4. The van der Waals surface area contributed by atoms with Crippen LogP contribution in [0, 0.1) is 10.1 Å². The molecule has 33 heavy (non-hydrogen) atoms. The second-order valence-corrected chi connectivity index (χ2v) is 7.12. The van der Waals surface area contributed by atoms with Crippen LogP contribution in [0.3, 0.4) is 0 Å². The summed E-state index contributed by atoms with van der Waals surface area (Å²) in [5.74, 6) is -0.919. The van der Waals surface area contributed by atoms with Crippen molar-refractivity contribution in [3.63, 3.8) is 0 Å². The lowest BCUT2D eigenvalue weighted by Gasteiger charge is -2.24. The first-order valence-electron chi connectivity index (χ1n) is 10.1. The van der Waals surface area contributed by atoms with Gasteiger partial charge in [0.25, 0.3) is 17.5 Å². The van der Waals surface area contributed by atoms with E-state index in [0.717, 1.165) is 0 Å². The van der Waals surface area contributed by atoms with Crippen molar-refractivity contribution in [3.05, 3.63) is 130 Å². The maximum absolute atomic E-state index is 13.7.